The van der Waals surface area contributed by atoms with Gasteiger partial charge in [-0.25, -0.2) is 4.79 Å². The van der Waals surface area contributed by atoms with Gasteiger partial charge in [0.25, 0.3) is 5.91 Å². The molecule has 2 aromatic rings. The topological polar surface area (TPSA) is 108 Å². The van der Waals surface area contributed by atoms with E-state index in [0.29, 0.717) is 17.1 Å². The molecule has 1 aromatic carbocycles. The first-order valence-corrected chi connectivity index (χ1v) is 8.96. The number of rotatable bonds is 5. The van der Waals surface area contributed by atoms with E-state index in [-0.39, 0.29) is 19.8 Å². The molecule has 0 aliphatic carbocycles. The Kier molecular flexibility index (Phi) is 5.36. The first-order chi connectivity index (χ1) is 12.8. The molecule has 0 unspecified atom stereocenters. The van der Waals surface area contributed by atoms with Crippen molar-refractivity contribution in [2.75, 3.05) is 6.54 Å². The quantitative estimate of drug-likeness (QED) is 0.555. The molecule has 0 radical (unpaired) electrons. The van der Waals surface area contributed by atoms with Crippen molar-refractivity contribution in [2.45, 2.75) is 0 Å². The number of carbonyl (C=O) groups excluding carboxylic acids is 1. The van der Waals surface area contributed by atoms with Crippen molar-refractivity contribution in [3.8, 4) is 11.3 Å². The largest absolute Gasteiger partial charge is 0.480 e. The van der Waals surface area contributed by atoms with Crippen LogP contribution in [0.25, 0.3) is 17.4 Å². The molecule has 2 heterocycles. The van der Waals surface area contributed by atoms with Crippen LogP contribution in [-0.4, -0.2) is 43.8 Å². The maximum absolute atomic E-state index is 12.2. The average Bonchev–Trinajstić information content (AvgIpc) is 3.15. The average molecular weight is 424 g/mol. The molecule has 2 N–H and O–H groups in total. The van der Waals surface area contributed by atoms with Crippen LogP contribution in [0.3, 0.4) is 0 Å². The molecule has 1 amide bonds. The summed E-state index contributed by atoms with van der Waals surface area (Å²) < 4.78 is 5.82. The van der Waals surface area contributed by atoms with Crippen LogP contribution in [0.15, 0.2) is 39.7 Å². The Bertz CT molecular complexity index is 1010. The number of aliphatic carboxylic acids is 1. The molecule has 138 valence electrons. The van der Waals surface area contributed by atoms with Gasteiger partial charge >= 0.3 is 11.9 Å². The minimum absolute atomic E-state index is 0.0192. The molecule has 0 spiro atoms. The molecule has 1 aliphatic rings. The molecule has 1 fully saturated rings. The number of carboxylic acid groups (broad SMARTS) is 2. The van der Waals surface area contributed by atoms with Crippen LogP contribution in [0.5, 0.6) is 0 Å². The fourth-order valence-electron chi connectivity index (χ4n) is 2.33. The van der Waals surface area contributed by atoms with Crippen molar-refractivity contribution >= 4 is 63.8 Å². The highest BCUT2D eigenvalue weighted by Gasteiger charge is 2.33. The van der Waals surface area contributed by atoms with E-state index in [2.05, 4.69) is 0 Å². The number of hydrogen-bond donors (Lipinski definition) is 2. The normalized spacial score (nSPS) is 15.6. The number of hydrogen-bond acceptors (Lipinski definition) is 6. The van der Waals surface area contributed by atoms with E-state index in [4.69, 9.17) is 38.4 Å². The number of halogens is 1. The van der Waals surface area contributed by atoms with E-state index in [0.717, 1.165) is 16.7 Å². The number of thioether (sulfide) groups is 1. The second-order valence-corrected chi connectivity index (χ2v) is 7.45. The van der Waals surface area contributed by atoms with Gasteiger partial charge < -0.3 is 14.6 Å². The van der Waals surface area contributed by atoms with Crippen molar-refractivity contribution in [1.29, 1.82) is 0 Å². The second-order valence-electron chi connectivity index (χ2n) is 5.36. The molecular formula is C17H10ClNO6S2. The highest BCUT2D eigenvalue weighted by molar-refractivity contribution is 8.26. The third kappa shape index (κ3) is 4.05. The minimum Gasteiger partial charge on any atom is -0.480 e. The first kappa shape index (κ1) is 19.2. The molecule has 27 heavy (non-hydrogen) atoms. The number of nitrogens with zero attached hydrogens (tertiary/aromatic N) is 1. The maximum Gasteiger partial charge on any atom is 0.337 e. The van der Waals surface area contributed by atoms with E-state index >= 15 is 0 Å². The van der Waals surface area contributed by atoms with Crippen molar-refractivity contribution in [3.63, 3.8) is 0 Å². The van der Waals surface area contributed by atoms with Gasteiger partial charge in [0, 0.05) is 11.6 Å². The zero-order valence-corrected chi connectivity index (χ0v) is 15.7. The van der Waals surface area contributed by atoms with Crippen LogP contribution in [-0.2, 0) is 9.59 Å². The van der Waals surface area contributed by atoms with Crippen molar-refractivity contribution < 1.29 is 29.0 Å². The number of amides is 1. The molecule has 1 aromatic heterocycles. The number of furan rings is 1. The summed E-state index contributed by atoms with van der Waals surface area (Å²) in [6, 6.07) is 7.68. The number of thiocarbonyl (C=S) groups is 1. The molecule has 0 bridgehead atoms. The van der Waals surface area contributed by atoms with Gasteiger partial charge in [-0.3, -0.25) is 14.5 Å². The van der Waals surface area contributed by atoms with Crippen LogP contribution >= 0.6 is 35.6 Å². The number of aromatic carboxylic acids is 1. The minimum atomic E-state index is -1.16. The first-order valence-electron chi connectivity index (χ1n) is 7.36. The van der Waals surface area contributed by atoms with E-state index in [9.17, 15) is 14.4 Å². The molecule has 0 atom stereocenters. The number of carbonyl (C=O) groups is 3. The highest BCUT2D eigenvalue weighted by Crippen LogP contribution is 2.34. The van der Waals surface area contributed by atoms with Crippen molar-refractivity contribution in [2.24, 2.45) is 0 Å². The Balaban J connectivity index is 1.84. The van der Waals surface area contributed by atoms with E-state index < -0.39 is 24.4 Å². The van der Waals surface area contributed by atoms with Gasteiger partial charge in [-0.1, -0.05) is 41.6 Å². The van der Waals surface area contributed by atoms with Crippen LogP contribution in [0.2, 0.25) is 5.02 Å². The maximum atomic E-state index is 12.2. The standard InChI is InChI=1S/C17H10ClNO6S2/c18-11-5-8(1-3-10(11)16(23)24)12-4-2-9(25-12)6-13-15(22)19(7-14(20)21)17(26)27-13/h1-6H,7H2,(H,20,21)(H,23,24)/b13-6+. The fraction of sp³-hybridized carbons (Fsp3) is 0.0588. The lowest BCUT2D eigenvalue weighted by atomic mass is 10.1. The van der Waals surface area contributed by atoms with Gasteiger partial charge in [0.15, 0.2) is 0 Å². The van der Waals surface area contributed by atoms with Gasteiger partial charge in [-0.15, -0.1) is 0 Å². The summed E-state index contributed by atoms with van der Waals surface area (Å²) in [6.07, 6.45) is 1.47. The van der Waals surface area contributed by atoms with Gasteiger partial charge in [-0.05, 0) is 24.3 Å². The SMILES string of the molecule is O=C(O)CN1C(=O)/C(=C\c2ccc(-c3ccc(C(=O)O)c(Cl)c3)o2)SC1=S. The lowest BCUT2D eigenvalue weighted by molar-refractivity contribution is -0.140. The molecule has 7 nitrogen and oxygen atoms in total. The molecular weight excluding hydrogens is 414 g/mol. The Morgan fingerprint density at radius 3 is 2.63 bits per heavy atom. The van der Waals surface area contributed by atoms with Crippen LogP contribution in [0, 0.1) is 0 Å². The van der Waals surface area contributed by atoms with Gasteiger partial charge in [0.05, 0.1) is 15.5 Å². The zero-order chi connectivity index (χ0) is 19.7. The molecule has 1 aliphatic heterocycles. The molecule has 1 saturated heterocycles. The molecule has 10 heteroatoms. The monoisotopic (exact) mass is 423 g/mol. The molecule has 0 saturated carbocycles. The smallest absolute Gasteiger partial charge is 0.337 e. The lowest BCUT2D eigenvalue weighted by Crippen LogP contribution is -2.33. The van der Waals surface area contributed by atoms with Crippen LogP contribution < -0.4 is 0 Å². The summed E-state index contributed by atoms with van der Waals surface area (Å²) in [5, 5.41) is 17.9. The predicted molar refractivity (Wildman–Crippen MR) is 104 cm³/mol. The Hall–Kier alpha value is -2.62. The summed E-state index contributed by atoms with van der Waals surface area (Å²) in [5.74, 6) is -2.00. The van der Waals surface area contributed by atoms with Gasteiger partial charge in [0.2, 0.25) is 0 Å². The summed E-state index contributed by atoms with van der Waals surface area (Å²) in [4.78, 5) is 35.3. The third-order valence-electron chi connectivity index (χ3n) is 3.55. The predicted octanol–water partition coefficient (Wildman–Crippen LogP) is 3.58. The summed E-state index contributed by atoms with van der Waals surface area (Å²) in [6.45, 7) is -0.500. The van der Waals surface area contributed by atoms with Crippen molar-refractivity contribution in [1.82, 2.24) is 4.90 Å². The fourth-order valence-corrected chi connectivity index (χ4v) is 3.82. The summed E-state index contributed by atoms with van der Waals surface area (Å²) in [5.41, 5.74) is 0.553. The van der Waals surface area contributed by atoms with Crippen LogP contribution in [0.4, 0.5) is 0 Å². The zero-order valence-electron chi connectivity index (χ0n) is 13.3. The number of benzene rings is 1. The third-order valence-corrected chi connectivity index (χ3v) is 5.24. The van der Waals surface area contributed by atoms with E-state index in [1.54, 1.807) is 18.2 Å². The highest BCUT2D eigenvalue weighted by atomic mass is 35.5. The van der Waals surface area contributed by atoms with E-state index in [1.165, 1.54) is 18.2 Å². The Labute approximate surface area is 167 Å². The van der Waals surface area contributed by atoms with Gasteiger partial charge in [0.1, 0.15) is 22.4 Å². The number of carboxylic acids is 2. The lowest BCUT2D eigenvalue weighted by Gasteiger charge is -2.09. The van der Waals surface area contributed by atoms with Crippen LogP contribution in [0.1, 0.15) is 16.1 Å². The molecule has 3 rings (SSSR count). The van der Waals surface area contributed by atoms with Gasteiger partial charge in [-0.2, -0.15) is 0 Å². The van der Waals surface area contributed by atoms with E-state index in [1.807, 2.05) is 0 Å². The van der Waals surface area contributed by atoms with Crippen molar-refractivity contribution in [3.05, 3.63) is 51.6 Å². The Morgan fingerprint density at radius 1 is 1.26 bits per heavy atom. The second kappa shape index (κ2) is 7.55. The summed E-state index contributed by atoms with van der Waals surface area (Å²) in [7, 11) is 0. The Morgan fingerprint density at radius 2 is 2.00 bits per heavy atom. The summed E-state index contributed by atoms with van der Waals surface area (Å²) >= 11 is 12.0.